The van der Waals surface area contributed by atoms with Crippen LogP contribution in [0.2, 0.25) is 0 Å². The maximum Gasteiger partial charge on any atom is 0.0706 e. The van der Waals surface area contributed by atoms with E-state index >= 15 is 0 Å². The number of para-hydroxylation sites is 1. The van der Waals surface area contributed by atoms with Crippen LogP contribution in [0.3, 0.4) is 0 Å². The first-order valence-corrected chi connectivity index (χ1v) is 6.30. The van der Waals surface area contributed by atoms with Crippen molar-refractivity contribution < 1.29 is 0 Å². The molecule has 16 heavy (non-hydrogen) atoms. The summed E-state index contributed by atoms with van der Waals surface area (Å²) >= 11 is 5.86. The molecule has 0 saturated carbocycles. The van der Waals surface area contributed by atoms with E-state index in [1.54, 1.807) is 0 Å². The number of hydrogen-bond acceptors (Lipinski definition) is 1. The Labute approximate surface area is 101 Å². The summed E-state index contributed by atoms with van der Waals surface area (Å²) in [5.74, 6) is 1.16. The predicted octanol–water partition coefficient (Wildman–Crippen LogP) is 3.47. The highest BCUT2D eigenvalue weighted by atomic mass is 35.5. The van der Waals surface area contributed by atoms with E-state index in [0.29, 0.717) is 11.8 Å². The van der Waals surface area contributed by atoms with Gasteiger partial charge in [-0.3, -0.25) is 4.68 Å². The van der Waals surface area contributed by atoms with Crippen molar-refractivity contribution >= 4 is 22.5 Å². The van der Waals surface area contributed by atoms with Gasteiger partial charge in [0.1, 0.15) is 0 Å². The molecule has 0 spiro atoms. The second-order valence-corrected chi connectivity index (χ2v) is 4.55. The van der Waals surface area contributed by atoms with Crippen LogP contribution in [0.1, 0.15) is 19.5 Å². The molecule has 0 fully saturated rings. The fraction of sp³-hybridized carbons (Fsp3) is 0.462. The van der Waals surface area contributed by atoms with Crippen LogP contribution in [0, 0.1) is 5.92 Å². The Kier molecular flexibility index (Phi) is 3.49. The molecule has 0 saturated heterocycles. The Morgan fingerprint density at radius 2 is 2.12 bits per heavy atom. The molecule has 1 atom stereocenters. The van der Waals surface area contributed by atoms with Gasteiger partial charge in [-0.1, -0.05) is 25.1 Å². The third kappa shape index (κ3) is 2.07. The molecule has 0 bridgehead atoms. The quantitative estimate of drug-likeness (QED) is 0.744. The van der Waals surface area contributed by atoms with Gasteiger partial charge < -0.3 is 0 Å². The average Bonchev–Trinajstić information content (AvgIpc) is 2.68. The van der Waals surface area contributed by atoms with Crippen molar-refractivity contribution in [3.05, 3.63) is 30.0 Å². The third-order valence-electron chi connectivity index (χ3n) is 2.84. The van der Waals surface area contributed by atoms with Gasteiger partial charge in [-0.25, -0.2) is 0 Å². The van der Waals surface area contributed by atoms with Gasteiger partial charge in [-0.2, -0.15) is 5.10 Å². The number of benzene rings is 1. The molecule has 0 aliphatic rings. The van der Waals surface area contributed by atoms with Crippen LogP contribution < -0.4 is 0 Å². The van der Waals surface area contributed by atoms with Crippen LogP contribution in [0.4, 0.5) is 0 Å². The lowest BCUT2D eigenvalue weighted by atomic mass is 10.1. The van der Waals surface area contributed by atoms with Crippen LogP contribution in [0.5, 0.6) is 0 Å². The molecular weight excluding hydrogens is 220 g/mol. The molecule has 0 amide bonds. The van der Waals surface area contributed by atoms with Gasteiger partial charge in [0.05, 0.1) is 11.2 Å². The molecule has 3 heteroatoms. The third-order valence-corrected chi connectivity index (χ3v) is 3.37. The minimum atomic E-state index is 0.477. The van der Waals surface area contributed by atoms with Gasteiger partial charge in [0, 0.05) is 17.8 Å². The molecule has 2 rings (SSSR count). The van der Waals surface area contributed by atoms with Crippen molar-refractivity contribution in [3.8, 4) is 0 Å². The average molecular weight is 237 g/mol. The van der Waals surface area contributed by atoms with E-state index in [9.17, 15) is 0 Å². The first-order chi connectivity index (χ1) is 7.76. The maximum atomic E-state index is 5.86. The second-order valence-electron chi connectivity index (χ2n) is 4.24. The number of hydrogen-bond donors (Lipinski definition) is 0. The molecule has 1 aromatic heterocycles. The van der Waals surface area contributed by atoms with E-state index in [1.807, 2.05) is 0 Å². The van der Waals surface area contributed by atoms with Crippen molar-refractivity contribution in [2.45, 2.75) is 26.8 Å². The largest absolute Gasteiger partial charge is 0.265 e. The summed E-state index contributed by atoms with van der Waals surface area (Å²) in [5.41, 5.74) is 2.40. The number of fused-ring (bicyclic) bond motifs is 1. The highest BCUT2D eigenvalue weighted by Gasteiger charge is 2.11. The van der Waals surface area contributed by atoms with E-state index in [4.69, 9.17) is 11.6 Å². The van der Waals surface area contributed by atoms with Gasteiger partial charge in [0.15, 0.2) is 0 Å². The van der Waals surface area contributed by atoms with Crippen molar-refractivity contribution in [3.63, 3.8) is 0 Å². The Morgan fingerprint density at radius 3 is 2.81 bits per heavy atom. The molecule has 0 radical (unpaired) electrons. The molecule has 2 aromatic rings. The van der Waals surface area contributed by atoms with Gasteiger partial charge in [-0.05, 0) is 25.3 Å². The summed E-state index contributed by atoms with van der Waals surface area (Å²) in [5, 5.41) is 5.92. The van der Waals surface area contributed by atoms with Crippen LogP contribution in [-0.2, 0) is 13.0 Å². The maximum absolute atomic E-state index is 5.86. The molecule has 1 heterocycles. The number of alkyl halides is 1. The van der Waals surface area contributed by atoms with Crippen LogP contribution in [0.15, 0.2) is 24.3 Å². The van der Waals surface area contributed by atoms with Crippen LogP contribution in [0.25, 0.3) is 10.9 Å². The molecular formula is C13H17ClN2. The first kappa shape index (κ1) is 11.5. The normalized spacial score (nSPS) is 13.2. The van der Waals surface area contributed by atoms with Crippen molar-refractivity contribution in [1.82, 2.24) is 9.78 Å². The molecule has 1 aromatic carbocycles. The minimum absolute atomic E-state index is 0.477. The number of rotatable bonds is 4. The summed E-state index contributed by atoms with van der Waals surface area (Å²) in [6.07, 6.45) is 0.955. The molecule has 1 unspecified atom stereocenters. The fourth-order valence-corrected chi connectivity index (χ4v) is 2.08. The van der Waals surface area contributed by atoms with Gasteiger partial charge in [-0.15, -0.1) is 11.6 Å². The smallest absolute Gasteiger partial charge is 0.0706 e. The van der Waals surface area contributed by atoms with Crippen LogP contribution in [-0.4, -0.2) is 15.7 Å². The zero-order valence-electron chi connectivity index (χ0n) is 9.78. The molecule has 0 aliphatic heterocycles. The monoisotopic (exact) mass is 236 g/mol. The van der Waals surface area contributed by atoms with Gasteiger partial charge in [0.2, 0.25) is 0 Å². The van der Waals surface area contributed by atoms with Crippen molar-refractivity contribution in [2.24, 2.45) is 5.92 Å². The van der Waals surface area contributed by atoms with Gasteiger partial charge >= 0.3 is 0 Å². The Bertz CT molecular complexity index is 476. The Morgan fingerprint density at radius 1 is 1.38 bits per heavy atom. The van der Waals surface area contributed by atoms with E-state index in [0.717, 1.165) is 13.0 Å². The Balaban J connectivity index is 2.45. The molecule has 2 nitrogen and oxygen atoms in total. The summed E-state index contributed by atoms with van der Waals surface area (Å²) in [6.45, 7) is 5.19. The zero-order chi connectivity index (χ0) is 11.5. The van der Waals surface area contributed by atoms with E-state index in [2.05, 4.69) is 47.9 Å². The highest BCUT2D eigenvalue weighted by Crippen LogP contribution is 2.21. The molecule has 86 valence electrons. The predicted molar refractivity (Wildman–Crippen MR) is 69.0 cm³/mol. The summed E-state index contributed by atoms with van der Waals surface area (Å²) < 4.78 is 2.06. The van der Waals surface area contributed by atoms with E-state index in [1.165, 1.54) is 16.6 Å². The molecule has 0 aliphatic carbocycles. The summed E-state index contributed by atoms with van der Waals surface area (Å²) in [7, 11) is 0. The number of nitrogens with zero attached hydrogens (tertiary/aromatic N) is 2. The van der Waals surface area contributed by atoms with E-state index in [-0.39, 0.29) is 0 Å². The highest BCUT2D eigenvalue weighted by molar-refractivity contribution is 6.18. The van der Waals surface area contributed by atoms with E-state index < -0.39 is 0 Å². The topological polar surface area (TPSA) is 17.8 Å². The number of aryl methyl sites for hydroxylation is 1. The lowest BCUT2D eigenvalue weighted by molar-refractivity contribution is 0.612. The second kappa shape index (κ2) is 4.88. The number of halogens is 1. The van der Waals surface area contributed by atoms with Crippen molar-refractivity contribution in [1.29, 1.82) is 0 Å². The number of aromatic nitrogens is 2. The fourth-order valence-electron chi connectivity index (χ4n) is 1.97. The lowest BCUT2D eigenvalue weighted by Crippen LogP contribution is -2.03. The Hall–Kier alpha value is -1.02. The summed E-state index contributed by atoms with van der Waals surface area (Å²) in [6, 6.07) is 8.40. The SMILES string of the molecule is CCn1nc(CC(C)CCl)c2ccccc21. The first-order valence-electron chi connectivity index (χ1n) is 5.76. The van der Waals surface area contributed by atoms with Gasteiger partial charge in [0.25, 0.3) is 0 Å². The van der Waals surface area contributed by atoms with Crippen LogP contribution >= 0.6 is 11.6 Å². The summed E-state index contributed by atoms with van der Waals surface area (Å²) in [4.78, 5) is 0. The van der Waals surface area contributed by atoms with Crippen molar-refractivity contribution in [2.75, 3.05) is 5.88 Å². The molecule has 0 N–H and O–H groups in total. The minimum Gasteiger partial charge on any atom is -0.265 e. The zero-order valence-corrected chi connectivity index (χ0v) is 10.5. The standard InChI is InChI=1S/C13H17ClN2/c1-3-16-13-7-5-4-6-11(13)12(15-16)8-10(2)9-14/h4-7,10H,3,8-9H2,1-2H3. The lowest BCUT2D eigenvalue weighted by Gasteiger charge is -2.03.